The lowest BCUT2D eigenvalue weighted by atomic mass is 9.95. The molecular weight excluding hydrogens is 398 g/mol. The van der Waals surface area contributed by atoms with Crippen LogP contribution in [-0.4, -0.2) is 28.1 Å². The molecule has 3 rings (SSSR count). The third-order valence-corrected chi connectivity index (χ3v) is 7.91. The quantitative estimate of drug-likeness (QED) is 0.703. The van der Waals surface area contributed by atoms with Crippen molar-refractivity contribution in [3.05, 3.63) is 39.3 Å². The van der Waals surface area contributed by atoms with Crippen molar-refractivity contribution in [1.29, 1.82) is 0 Å². The fraction of sp³-hybridized carbons (Fsp3) is 0.450. The van der Waals surface area contributed by atoms with Crippen molar-refractivity contribution in [3.63, 3.8) is 0 Å². The van der Waals surface area contributed by atoms with E-state index in [-0.39, 0.29) is 11.5 Å². The number of nitrogens with one attached hydrogen (secondary N) is 1. The first-order valence-corrected chi connectivity index (χ1v) is 11.6. The van der Waals surface area contributed by atoms with Crippen LogP contribution in [0.25, 0.3) is 0 Å². The van der Waals surface area contributed by atoms with Gasteiger partial charge in [-0.2, -0.15) is 0 Å². The zero-order chi connectivity index (χ0) is 20.5. The molecule has 0 atom stereocenters. The molecule has 0 saturated heterocycles. The molecule has 0 radical (unpaired) electrons. The van der Waals surface area contributed by atoms with Crippen molar-refractivity contribution < 1.29 is 22.7 Å². The van der Waals surface area contributed by atoms with E-state index in [0.29, 0.717) is 21.9 Å². The molecule has 1 heterocycles. The summed E-state index contributed by atoms with van der Waals surface area (Å²) in [4.78, 5) is 13.8. The molecule has 1 aliphatic carbocycles. The van der Waals surface area contributed by atoms with Crippen LogP contribution in [0, 0.1) is 13.8 Å². The molecule has 0 fully saturated rings. The molecule has 0 bridgehead atoms. The van der Waals surface area contributed by atoms with Crippen LogP contribution in [0.2, 0.25) is 0 Å². The van der Waals surface area contributed by atoms with Crippen LogP contribution in [0.5, 0.6) is 5.75 Å². The summed E-state index contributed by atoms with van der Waals surface area (Å²) < 4.78 is 39.4. The molecule has 8 heteroatoms. The van der Waals surface area contributed by atoms with Crippen LogP contribution in [0.15, 0.2) is 17.0 Å². The molecule has 1 N–H and O–H groups in total. The van der Waals surface area contributed by atoms with Gasteiger partial charge in [-0.3, -0.25) is 4.72 Å². The normalized spacial score (nSPS) is 13.7. The van der Waals surface area contributed by atoms with Gasteiger partial charge in [0, 0.05) is 4.88 Å². The molecule has 0 aliphatic heterocycles. The second kappa shape index (κ2) is 8.13. The summed E-state index contributed by atoms with van der Waals surface area (Å²) in [7, 11) is -2.31. The van der Waals surface area contributed by atoms with Gasteiger partial charge in [0.25, 0.3) is 10.0 Å². The highest BCUT2D eigenvalue weighted by atomic mass is 32.2. The predicted octanol–water partition coefficient (Wildman–Crippen LogP) is 4.23. The Morgan fingerprint density at radius 3 is 2.57 bits per heavy atom. The van der Waals surface area contributed by atoms with Gasteiger partial charge in [0.05, 0.1) is 24.2 Å². The van der Waals surface area contributed by atoms with Gasteiger partial charge in [-0.1, -0.05) is 0 Å². The summed E-state index contributed by atoms with van der Waals surface area (Å²) in [6, 6.07) is 3.17. The van der Waals surface area contributed by atoms with Crippen molar-refractivity contribution in [2.45, 2.75) is 51.3 Å². The smallest absolute Gasteiger partial charge is 0.341 e. The Labute approximate surface area is 169 Å². The SMILES string of the molecule is CCOC(=O)c1c(NS(=O)(=O)c2ccc(OC)c(C)c2C)sc2c1CCCC2. The molecule has 0 amide bonds. The number of hydrogen-bond donors (Lipinski definition) is 1. The molecule has 152 valence electrons. The van der Waals surface area contributed by atoms with Crippen molar-refractivity contribution in [1.82, 2.24) is 0 Å². The average molecular weight is 424 g/mol. The van der Waals surface area contributed by atoms with Crippen LogP contribution in [0.1, 0.15) is 51.7 Å². The number of methoxy groups -OCH3 is 1. The number of thiophene rings is 1. The monoisotopic (exact) mass is 423 g/mol. The van der Waals surface area contributed by atoms with E-state index in [9.17, 15) is 13.2 Å². The number of rotatable bonds is 6. The molecule has 0 unspecified atom stereocenters. The molecule has 2 aromatic rings. The highest BCUT2D eigenvalue weighted by Crippen LogP contribution is 2.40. The van der Waals surface area contributed by atoms with Gasteiger partial charge < -0.3 is 9.47 Å². The number of sulfonamides is 1. The summed E-state index contributed by atoms with van der Waals surface area (Å²) in [6.45, 7) is 5.55. The number of benzene rings is 1. The molecule has 0 spiro atoms. The van der Waals surface area contributed by atoms with Crippen molar-refractivity contribution in [3.8, 4) is 5.75 Å². The second-order valence-electron chi connectivity index (χ2n) is 6.76. The highest BCUT2D eigenvalue weighted by Gasteiger charge is 2.29. The molecule has 28 heavy (non-hydrogen) atoms. The lowest BCUT2D eigenvalue weighted by Crippen LogP contribution is -2.17. The fourth-order valence-electron chi connectivity index (χ4n) is 3.52. The fourth-order valence-corrected chi connectivity index (χ4v) is 6.40. The maximum absolute atomic E-state index is 13.1. The number of anilines is 1. The number of carbonyl (C=O) groups is 1. The lowest BCUT2D eigenvalue weighted by Gasteiger charge is -2.15. The minimum absolute atomic E-state index is 0.173. The summed E-state index contributed by atoms with van der Waals surface area (Å²) in [5.41, 5.74) is 2.68. The van der Waals surface area contributed by atoms with Crippen LogP contribution in [0.4, 0.5) is 5.00 Å². The predicted molar refractivity (Wildman–Crippen MR) is 110 cm³/mol. The van der Waals surface area contributed by atoms with E-state index in [4.69, 9.17) is 9.47 Å². The summed E-state index contributed by atoms with van der Waals surface area (Å²) in [5.74, 6) is 0.164. The number of esters is 1. The highest BCUT2D eigenvalue weighted by molar-refractivity contribution is 7.93. The van der Waals surface area contributed by atoms with Gasteiger partial charge >= 0.3 is 5.97 Å². The Hall–Kier alpha value is -2.06. The first kappa shape index (κ1) is 20.7. The van der Waals surface area contributed by atoms with Crippen molar-refractivity contribution in [2.75, 3.05) is 18.4 Å². The first-order valence-electron chi connectivity index (χ1n) is 9.28. The Morgan fingerprint density at radius 2 is 1.89 bits per heavy atom. The number of hydrogen-bond acceptors (Lipinski definition) is 6. The van der Waals surface area contributed by atoms with Crippen LogP contribution in [-0.2, 0) is 27.6 Å². The number of carbonyl (C=O) groups excluding carboxylic acids is 1. The summed E-state index contributed by atoms with van der Waals surface area (Å²) in [6.07, 6.45) is 3.65. The molecular formula is C20H25NO5S2. The minimum atomic E-state index is -3.86. The lowest BCUT2D eigenvalue weighted by molar-refractivity contribution is 0.0526. The largest absolute Gasteiger partial charge is 0.496 e. The van der Waals surface area contributed by atoms with Gasteiger partial charge in [0.2, 0.25) is 0 Å². The molecule has 1 aliphatic rings. The Kier molecular flexibility index (Phi) is 6.00. The van der Waals surface area contributed by atoms with Crippen LogP contribution in [0.3, 0.4) is 0 Å². The Bertz CT molecular complexity index is 1010. The molecule has 1 aromatic carbocycles. The minimum Gasteiger partial charge on any atom is -0.496 e. The van der Waals surface area contributed by atoms with Gasteiger partial charge in [0.15, 0.2) is 0 Å². The van der Waals surface area contributed by atoms with E-state index in [1.54, 1.807) is 27.0 Å². The van der Waals surface area contributed by atoms with E-state index < -0.39 is 16.0 Å². The average Bonchev–Trinajstić information content (AvgIpc) is 3.00. The zero-order valence-corrected chi connectivity index (χ0v) is 18.2. The van der Waals surface area contributed by atoms with E-state index in [1.165, 1.54) is 17.4 Å². The number of aryl methyl sites for hydroxylation is 1. The van der Waals surface area contributed by atoms with Gasteiger partial charge in [-0.05, 0) is 75.3 Å². The van der Waals surface area contributed by atoms with Crippen LogP contribution < -0.4 is 9.46 Å². The van der Waals surface area contributed by atoms with Crippen molar-refractivity contribution in [2.24, 2.45) is 0 Å². The van der Waals surface area contributed by atoms with Gasteiger partial charge in [-0.25, -0.2) is 13.2 Å². The summed E-state index contributed by atoms with van der Waals surface area (Å²) in [5, 5.41) is 0.346. The van der Waals surface area contributed by atoms with E-state index in [2.05, 4.69) is 4.72 Å². The molecule has 6 nitrogen and oxygen atoms in total. The second-order valence-corrected chi connectivity index (χ2v) is 9.51. The number of fused-ring (bicyclic) bond motifs is 1. The van der Waals surface area contributed by atoms with Gasteiger partial charge in [0.1, 0.15) is 10.8 Å². The number of ether oxygens (including phenoxy) is 2. The summed E-state index contributed by atoms with van der Waals surface area (Å²) >= 11 is 1.34. The third kappa shape index (κ3) is 3.75. The zero-order valence-electron chi connectivity index (χ0n) is 16.5. The van der Waals surface area contributed by atoms with E-state index in [0.717, 1.165) is 41.7 Å². The van der Waals surface area contributed by atoms with Crippen LogP contribution >= 0.6 is 11.3 Å². The van der Waals surface area contributed by atoms with Crippen molar-refractivity contribution >= 4 is 32.3 Å². The van der Waals surface area contributed by atoms with E-state index in [1.807, 2.05) is 6.92 Å². The topological polar surface area (TPSA) is 81.7 Å². The Balaban J connectivity index is 2.05. The standard InChI is InChI=1S/C20H25NO5S2/c1-5-26-20(22)18-14-8-6-7-9-16(14)27-19(18)21-28(23,24)17-11-10-15(25-4)12(2)13(17)3/h10-11,21H,5-9H2,1-4H3. The Morgan fingerprint density at radius 1 is 1.18 bits per heavy atom. The molecule has 0 saturated carbocycles. The maximum atomic E-state index is 13.1. The van der Waals surface area contributed by atoms with E-state index >= 15 is 0 Å². The first-order chi connectivity index (χ1) is 13.3. The molecule has 1 aromatic heterocycles. The maximum Gasteiger partial charge on any atom is 0.341 e. The third-order valence-electron chi connectivity index (χ3n) is 5.08. The van der Waals surface area contributed by atoms with Gasteiger partial charge in [-0.15, -0.1) is 11.3 Å².